The zero-order chi connectivity index (χ0) is 15.5. The molecule has 0 atom stereocenters. The molecule has 0 fully saturated rings. The Kier molecular flexibility index (Phi) is 9.78. The number of ketones is 1. The molecule has 0 saturated heterocycles. The molecule has 3 heteroatoms. The molecule has 0 spiro atoms. The number of carbonyl (C=O) groups is 1. The summed E-state index contributed by atoms with van der Waals surface area (Å²) in [6.45, 7) is 2.24. The summed E-state index contributed by atoms with van der Waals surface area (Å²) >= 11 is 11.8. The second kappa shape index (κ2) is 11.1. The first-order valence-electron chi connectivity index (χ1n) is 8.13. The normalized spacial score (nSPS) is 10.8. The first-order chi connectivity index (χ1) is 10.1. The van der Waals surface area contributed by atoms with Crippen LogP contribution < -0.4 is 0 Å². The molecular formula is C18H26Cl2O. The van der Waals surface area contributed by atoms with Crippen LogP contribution in [0.4, 0.5) is 0 Å². The zero-order valence-corrected chi connectivity index (χ0v) is 14.5. The molecule has 0 saturated carbocycles. The molecule has 1 aromatic rings. The predicted molar refractivity (Wildman–Crippen MR) is 92.6 cm³/mol. The van der Waals surface area contributed by atoms with Gasteiger partial charge < -0.3 is 0 Å². The third-order valence-electron chi connectivity index (χ3n) is 3.75. The average Bonchev–Trinajstić information content (AvgIpc) is 2.48. The molecule has 0 amide bonds. The van der Waals surface area contributed by atoms with E-state index < -0.39 is 0 Å². The van der Waals surface area contributed by atoms with Crippen molar-refractivity contribution in [1.82, 2.24) is 0 Å². The molecule has 0 unspecified atom stereocenters. The van der Waals surface area contributed by atoms with Gasteiger partial charge in [-0.25, -0.2) is 0 Å². The zero-order valence-electron chi connectivity index (χ0n) is 13.0. The van der Waals surface area contributed by atoms with Gasteiger partial charge >= 0.3 is 0 Å². The number of rotatable bonds is 11. The lowest BCUT2D eigenvalue weighted by molar-refractivity contribution is 0.0979. The van der Waals surface area contributed by atoms with Gasteiger partial charge in [-0.05, 0) is 24.6 Å². The summed E-state index contributed by atoms with van der Waals surface area (Å²) in [5, 5.41) is 0.950. The Hall–Kier alpha value is -0.530. The lowest BCUT2D eigenvalue weighted by Gasteiger charge is -2.04. The van der Waals surface area contributed by atoms with Crippen molar-refractivity contribution < 1.29 is 4.79 Å². The minimum Gasteiger partial charge on any atom is -0.294 e. The van der Waals surface area contributed by atoms with Crippen LogP contribution in [0.25, 0.3) is 0 Å². The topological polar surface area (TPSA) is 17.1 Å². The third kappa shape index (κ3) is 7.87. The second-order valence-corrected chi connectivity index (χ2v) is 6.44. The molecule has 0 radical (unpaired) electrons. The minimum absolute atomic E-state index is 0.163. The van der Waals surface area contributed by atoms with Gasteiger partial charge in [0.05, 0.1) is 10.0 Å². The Labute approximate surface area is 139 Å². The summed E-state index contributed by atoms with van der Waals surface area (Å²) in [7, 11) is 0. The fourth-order valence-electron chi connectivity index (χ4n) is 2.41. The van der Waals surface area contributed by atoms with E-state index in [2.05, 4.69) is 6.92 Å². The van der Waals surface area contributed by atoms with Crippen molar-refractivity contribution in [3.63, 3.8) is 0 Å². The van der Waals surface area contributed by atoms with E-state index in [9.17, 15) is 4.79 Å². The number of hydrogen-bond donors (Lipinski definition) is 0. The first kappa shape index (κ1) is 18.5. The van der Waals surface area contributed by atoms with Crippen LogP contribution in [0.15, 0.2) is 18.2 Å². The van der Waals surface area contributed by atoms with Crippen LogP contribution in [-0.4, -0.2) is 5.78 Å². The standard InChI is InChI=1S/C18H26Cl2O/c1-2-3-4-5-6-7-8-9-10-11-18(21)15-12-13-16(19)17(20)14-15/h12-14H,2-11H2,1H3. The van der Waals surface area contributed by atoms with Crippen molar-refractivity contribution in [2.45, 2.75) is 71.1 Å². The number of hydrogen-bond acceptors (Lipinski definition) is 1. The highest BCUT2D eigenvalue weighted by Crippen LogP contribution is 2.23. The van der Waals surface area contributed by atoms with Crippen LogP contribution in [0.1, 0.15) is 81.5 Å². The molecule has 0 aromatic heterocycles. The van der Waals surface area contributed by atoms with Crippen LogP contribution in [0, 0.1) is 0 Å². The third-order valence-corrected chi connectivity index (χ3v) is 4.49. The van der Waals surface area contributed by atoms with Crippen LogP contribution >= 0.6 is 23.2 Å². The molecule has 1 nitrogen and oxygen atoms in total. The van der Waals surface area contributed by atoms with Crippen LogP contribution in [-0.2, 0) is 0 Å². The van der Waals surface area contributed by atoms with Crippen molar-refractivity contribution >= 4 is 29.0 Å². The highest BCUT2D eigenvalue weighted by molar-refractivity contribution is 6.42. The van der Waals surface area contributed by atoms with Crippen molar-refractivity contribution in [3.05, 3.63) is 33.8 Å². The summed E-state index contributed by atoms with van der Waals surface area (Å²) < 4.78 is 0. The van der Waals surface area contributed by atoms with E-state index in [0.717, 1.165) is 12.8 Å². The van der Waals surface area contributed by atoms with E-state index in [0.29, 0.717) is 22.0 Å². The molecule has 0 aliphatic heterocycles. The summed E-state index contributed by atoms with van der Waals surface area (Å²) in [4.78, 5) is 12.0. The Morgan fingerprint density at radius 2 is 1.43 bits per heavy atom. The maximum absolute atomic E-state index is 12.0. The summed E-state index contributed by atoms with van der Waals surface area (Å²) in [6.07, 6.45) is 12.0. The number of carbonyl (C=O) groups excluding carboxylic acids is 1. The summed E-state index contributed by atoms with van der Waals surface area (Å²) in [5.41, 5.74) is 0.670. The highest BCUT2D eigenvalue weighted by Gasteiger charge is 2.07. The van der Waals surface area contributed by atoms with Gasteiger partial charge in [-0.3, -0.25) is 4.79 Å². The smallest absolute Gasteiger partial charge is 0.162 e. The lowest BCUT2D eigenvalue weighted by Crippen LogP contribution is -1.98. The Morgan fingerprint density at radius 3 is 2.00 bits per heavy atom. The van der Waals surface area contributed by atoms with Crippen LogP contribution in [0.3, 0.4) is 0 Å². The fraction of sp³-hybridized carbons (Fsp3) is 0.611. The maximum Gasteiger partial charge on any atom is 0.162 e. The van der Waals surface area contributed by atoms with E-state index >= 15 is 0 Å². The van der Waals surface area contributed by atoms with Crippen LogP contribution in [0.5, 0.6) is 0 Å². The molecular weight excluding hydrogens is 303 g/mol. The van der Waals surface area contributed by atoms with Gasteiger partial charge in [0.2, 0.25) is 0 Å². The van der Waals surface area contributed by atoms with E-state index in [1.807, 2.05) is 0 Å². The molecule has 0 bridgehead atoms. The largest absolute Gasteiger partial charge is 0.294 e. The van der Waals surface area contributed by atoms with Gasteiger partial charge in [0.1, 0.15) is 0 Å². The van der Waals surface area contributed by atoms with Crippen molar-refractivity contribution in [3.8, 4) is 0 Å². The highest BCUT2D eigenvalue weighted by atomic mass is 35.5. The predicted octanol–water partition coefficient (Wildman–Crippen LogP) is 7.10. The van der Waals surface area contributed by atoms with Crippen molar-refractivity contribution in [1.29, 1.82) is 0 Å². The summed E-state index contributed by atoms with van der Waals surface area (Å²) in [6, 6.07) is 5.11. The quantitative estimate of drug-likeness (QED) is 0.313. The Balaban J connectivity index is 2.09. The Bertz CT molecular complexity index is 429. The van der Waals surface area contributed by atoms with Gasteiger partial charge in [0.15, 0.2) is 5.78 Å². The maximum atomic E-state index is 12.0. The van der Waals surface area contributed by atoms with Crippen molar-refractivity contribution in [2.24, 2.45) is 0 Å². The first-order valence-corrected chi connectivity index (χ1v) is 8.89. The minimum atomic E-state index is 0.163. The molecule has 0 N–H and O–H groups in total. The van der Waals surface area contributed by atoms with Gasteiger partial charge in [-0.15, -0.1) is 0 Å². The molecule has 1 rings (SSSR count). The fourth-order valence-corrected chi connectivity index (χ4v) is 2.71. The number of halogens is 2. The second-order valence-electron chi connectivity index (χ2n) is 5.63. The molecule has 118 valence electrons. The summed E-state index contributed by atoms with van der Waals surface area (Å²) in [5.74, 6) is 0.163. The van der Waals surface area contributed by atoms with Gasteiger partial charge in [0, 0.05) is 12.0 Å². The van der Waals surface area contributed by atoms with E-state index in [4.69, 9.17) is 23.2 Å². The molecule has 21 heavy (non-hydrogen) atoms. The SMILES string of the molecule is CCCCCCCCCCCC(=O)c1ccc(Cl)c(Cl)c1. The van der Waals surface area contributed by atoms with E-state index in [-0.39, 0.29) is 5.78 Å². The van der Waals surface area contributed by atoms with Gasteiger partial charge in [0.25, 0.3) is 0 Å². The average molecular weight is 329 g/mol. The number of unbranched alkanes of at least 4 members (excludes halogenated alkanes) is 8. The van der Waals surface area contributed by atoms with E-state index in [1.54, 1.807) is 18.2 Å². The molecule has 0 heterocycles. The molecule has 1 aromatic carbocycles. The Morgan fingerprint density at radius 1 is 0.857 bits per heavy atom. The van der Waals surface area contributed by atoms with E-state index in [1.165, 1.54) is 44.9 Å². The molecule has 0 aliphatic carbocycles. The monoisotopic (exact) mass is 328 g/mol. The lowest BCUT2D eigenvalue weighted by atomic mass is 10.0. The van der Waals surface area contributed by atoms with Gasteiger partial charge in [-0.2, -0.15) is 0 Å². The number of benzene rings is 1. The van der Waals surface area contributed by atoms with Gasteiger partial charge in [-0.1, -0.05) is 81.5 Å². The van der Waals surface area contributed by atoms with Crippen molar-refractivity contribution in [2.75, 3.05) is 0 Å². The number of Topliss-reactive ketones (excluding diaryl/α,β-unsaturated/α-hetero) is 1. The van der Waals surface area contributed by atoms with Crippen LogP contribution in [0.2, 0.25) is 10.0 Å². The molecule has 0 aliphatic rings.